The van der Waals surface area contributed by atoms with Gasteiger partial charge >= 0.3 is 5.97 Å². The van der Waals surface area contributed by atoms with Crippen LogP contribution in [0, 0.1) is 6.92 Å². The van der Waals surface area contributed by atoms with E-state index in [9.17, 15) is 13.2 Å². The fourth-order valence-corrected chi connectivity index (χ4v) is 2.43. The summed E-state index contributed by atoms with van der Waals surface area (Å²) in [7, 11) is -2.11. The highest BCUT2D eigenvalue weighted by molar-refractivity contribution is 7.92. The Balaban J connectivity index is 2.78. The van der Waals surface area contributed by atoms with Crippen LogP contribution in [0.25, 0.3) is 0 Å². The molecule has 0 aromatic heterocycles. The van der Waals surface area contributed by atoms with Crippen molar-refractivity contribution in [3.05, 3.63) is 23.8 Å². The number of anilines is 1. The quantitative estimate of drug-likeness (QED) is 0.813. The molecule has 0 amide bonds. The second-order valence-electron chi connectivity index (χ2n) is 3.75. The third kappa shape index (κ3) is 4.25. The summed E-state index contributed by atoms with van der Waals surface area (Å²) in [4.78, 5) is 10.3. The van der Waals surface area contributed by atoms with E-state index in [1.807, 2.05) is 0 Å². The number of carboxylic acids is 1. The van der Waals surface area contributed by atoms with Crippen molar-refractivity contribution in [2.75, 3.05) is 17.6 Å². The number of ether oxygens (including phenoxy) is 1. The first-order chi connectivity index (χ1) is 8.34. The topological polar surface area (TPSA) is 92.7 Å². The van der Waals surface area contributed by atoms with Gasteiger partial charge in [0.05, 0.1) is 19.3 Å². The Morgan fingerprint density at radius 1 is 1.44 bits per heavy atom. The summed E-state index contributed by atoms with van der Waals surface area (Å²) in [5.41, 5.74) is 1.18. The smallest absolute Gasteiger partial charge is 0.304 e. The number of hydrogen-bond acceptors (Lipinski definition) is 4. The number of sulfonamides is 1. The number of methoxy groups -OCH3 is 1. The normalized spacial score (nSPS) is 11.0. The van der Waals surface area contributed by atoms with Gasteiger partial charge in [0.25, 0.3) is 0 Å². The molecule has 0 saturated heterocycles. The van der Waals surface area contributed by atoms with Crippen molar-refractivity contribution < 1.29 is 23.1 Å². The molecule has 0 unspecified atom stereocenters. The van der Waals surface area contributed by atoms with Crippen molar-refractivity contribution in [1.29, 1.82) is 0 Å². The standard InChI is InChI=1S/C11H15NO5S/c1-8-7-9(3-4-10(8)17-2)12-18(15,16)6-5-11(13)14/h3-4,7,12H,5-6H2,1-2H3,(H,13,14). The van der Waals surface area contributed by atoms with Gasteiger partial charge in [0.2, 0.25) is 10.0 Å². The number of benzene rings is 1. The van der Waals surface area contributed by atoms with Crippen LogP contribution in [0.5, 0.6) is 5.75 Å². The summed E-state index contributed by atoms with van der Waals surface area (Å²) in [5.74, 6) is -0.942. The second-order valence-corrected chi connectivity index (χ2v) is 5.59. The molecule has 7 heteroatoms. The van der Waals surface area contributed by atoms with Crippen LogP contribution in [-0.4, -0.2) is 32.4 Å². The van der Waals surface area contributed by atoms with E-state index in [2.05, 4.69) is 4.72 Å². The molecular weight excluding hydrogens is 258 g/mol. The highest BCUT2D eigenvalue weighted by Crippen LogP contribution is 2.22. The van der Waals surface area contributed by atoms with Gasteiger partial charge in [-0.25, -0.2) is 8.42 Å². The number of hydrogen-bond donors (Lipinski definition) is 2. The van der Waals surface area contributed by atoms with E-state index in [1.165, 1.54) is 7.11 Å². The maximum atomic E-state index is 11.6. The molecule has 0 fully saturated rings. The maximum Gasteiger partial charge on any atom is 0.304 e. The first-order valence-corrected chi connectivity index (χ1v) is 6.86. The molecule has 0 aliphatic carbocycles. The molecule has 0 heterocycles. The minimum Gasteiger partial charge on any atom is -0.496 e. The summed E-state index contributed by atoms with van der Waals surface area (Å²) >= 11 is 0. The van der Waals surface area contributed by atoms with E-state index in [4.69, 9.17) is 9.84 Å². The highest BCUT2D eigenvalue weighted by atomic mass is 32.2. The molecule has 100 valence electrons. The third-order valence-electron chi connectivity index (χ3n) is 2.25. The molecule has 1 rings (SSSR count). The Labute approximate surface area is 106 Å². The van der Waals surface area contributed by atoms with Gasteiger partial charge < -0.3 is 9.84 Å². The first kappa shape index (κ1) is 14.3. The number of rotatable bonds is 6. The van der Waals surface area contributed by atoms with Crippen LogP contribution in [0.3, 0.4) is 0 Å². The van der Waals surface area contributed by atoms with Crippen molar-refractivity contribution in [2.45, 2.75) is 13.3 Å². The fourth-order valence-electron chi connectivity index (χ4n) is 1.39. The van der Waals surface area contributed by atoms with Gasteiger partial charge in [-0.05, 0) is 30.7 Å². The van der Waals surface area contributed by atoms with Crippen molar-refractivity contribution in [3.8, 4) is 5.75 Å². The van der Waals surface area contributed by atoms with E-state index in [0.29, 0.717) is 11.4 Å². The molecule has 1 aromatic carbocycles. The van der Waals surface area contributed by atoms with Crippen molar-refractivity contribution in [3.63, 3.8) is 0 Å². The van der Waals surface area contributed by atoms with Gasteiger partial charge in [0.15, 0.2) is 0 Å². The van der Waals surface area contributed by atoms with Gasteiger partial charge in [0, 0.05) is 5.69 Å². The zero-order valence-corrected chi connectivity index (χ0v) is 11.0. The van der Waals surface area contributed by atoms with Gasteiger partial charge in [-0.1, -0.05) is 0 Å². The summed E-state index contributed by atoms with van der Waals surface area (Å²) < 4.78 is 30.5. The average molecular weight is 273 g/mol. The Morgan fingerprint density at radius 3 is 2.61 bits per heavy atom. The molecule has 0 aliphatic heterocycles. The van der Waals surface area contributed by atoms with E-state index >= 15 is 0 Å². The lowest BCUT2D eigenvalue weighted by Gasteiger charge is -2.10. The average Bonchev–Trinajstić information content (AvgIpc) is 2.26. The Hall–Kier alpha value is -1.76. The first-order valence-electron chi connectivity index (χ1n) is 5.21. The van der Waals surface area contributed by atoms with E-state index in [-0.39, 0.29) is 0 Å². The van der Waals surface area contributed by atoms with Crippen LogP contribution in [0.1, 0.15) is 12.0 Å². The van der Waals surface area contributed by atoms with Crippen LogP contribution in [0.2, 0.25) is 0 Å². The van der Waals surface area contributed by atoms with Crippen LogP contribution in [-0.2, 0) is 14.8 Å². The molecule has 0 spiro atoms. The summed E-state index contributed by atoms with van der Waals surface area (Å²) in [6, 6.07) is 4.83. The lowest BCUT2D eigenvalue weighted by atomic mass is 10.2. The molecule has 2 N–H and O–H groups in total. The molecule has 0 aliphatic rings. The summed E-state index contributed by atoms with van der Waals surface area (Å²) in [5, 5.41) is 8.45. The predicted molar refractivity (Wildman–Crippen MR) is 67.4 cm³/mol. The molecule has 6 nitrogen and oxygen atoms in total. The van der Waals surface area contributed by atoms with Gasteiger partial charge in [-0.2, -0.15) is 0 Å². The van der Waals surface area contributed by atoms with E-state index in [1.54, 1.807) is 25.1 Å². The monoisotopic (exact) mass is 273 g/mol. The molecule has 0 atom stereocenters. The number of carboxylic acid groups (broad SMARTS) is 1. The van der Waals surface area contributed by atoms with Crippen LogP contribution < -0.4 is 9.46 Å². The summed E-state index contributed by atoms with van der Waals surface area (Å²) in [6.07, 6.45) is -0.426. The zero-order chi connectivity index (χ0) is 13.8. The molecule has 18 heavy (non-hydrogen) atoms. The van der Waals surface area contributed by atoms with Crippen LogP contribution >= 0.6 is 0 Å². The number of aliphatic carboxylic acids is 1. The molecule has 0 saturated carbocycles. The zero-order valence-electron chi connectivity index (χ0n) is 10.1. The van der Waals surface area contributed by atoms with Gasteiger partial charge in [-0.3, -0.25) is 9.52 Å². The molecular formula is C11H15NO5S. The number of nitrogens with one attached hydrogen (secondary N) is 1. The lowest BCUT2D eigenvalue weighted by molar-refractivity contribution is -0.136. The van der Waals surface area contributed by atoms with Crippen molar-refractivity contribution in [2.24, 2.45) is 0 Å². The Kier molecular flexibility index (Phi) is 4.55. The Morgan fingerprint density at radius 2 is 2.11 bits per heavy atom. The maximum absolute atomic E-state index is 11.6. The van der Waals surface area contributed by atoms with Crippen LogP contribution in [0.15, 0.2) is 18.2 Å². The highest BCUT2D eigenvalue weighted by Gasteiger charge is 2.13. The SMILES string of the molecule is COc1ccc(NS(=O)(=O)CCC(=O)O)cc1C. The van der Waals surface area contributed by atoms with Crippen LogP contribution in [0.4, 0.5) is 5.69 Å². The summed E-state index contributed by atoms with van der Waals surface area (Å²) in [6.45, 7) is 1.79. The number of carbonyl (C=O) groups is 1. The predicted octanol–water partition coefficient (Wildman–Crippen LogP) is 1.22. The number of aryl methyl sites for hydroxylation is 1. The fraction of sp³-hybridized carbons (Fsp3) is 0.364. The minimum absolute atomic E-state index is 0.388. The largest absolute Gasteiger partial charge is 0.496 e. The molecule has 0 radical (unpaired) electrons. The second kappa shape index (κ2) is 5.72. The van der Waals surface area contributed by atoms with Gasteiger partial charge in [0.1, 0.15) is 5.75 Å². The van der Waals surface area contributed by atoms with Crippen molar-refractivity contribution in [1.82, 2.24) is 0 Å². The third-order valence-corrected chi connectivity index (χ3v) is 3.54. The minimum atomic E-state index is -3.64. The van der Waals surface area contributed by atoms with Gasteiger partial charge in [-0.15, -0.1) is 0 Å². The Bertz CT molecular complexity index is 538. The molecule has 1 aromatic rings. The molecule has 0 bridgehead atoms. The van der Waals surface area contributed by atoms with E-state index < -0.39 is 28.2 Å². The van der Waals surface area contributed by atoms with Crippen molar-refractivity contribution >= 4 is 21.7 Å². The van der Waals surface area contributed by atoms with E-state index in [0.717, 1.165) is 5.56 Å². The lowest BCUT2D eigenvalue weighted by Crippen LogP contribution is -2.18.